The maximum absolute atomic E-state index is 13.8. The molecule has 0 saturated heterocycles. The second-order valence-electron chi connectivity index (χ2n) is 12.4. The minimum Gasteiger partial charge on any atom is -0.491 e. The lowest BCUT2D eigenvalue weighted by atomic mass is 9.75. The monoisotopic (exact) mass is 607 g/mol. The summed E-state index contributed by atoms with van der Waals surface area (Å²) in [7, 11) is 0. The Hall–Kier alpha value is -4.79. The van der Waals surface area contributed by atoms with Gasteiger partial charge in [0.25, 0.3) is 5.91 Å². The van der Waals surface area contributed by atoms with E-state index in [4.69, 9.17) is 14.6 Å². The maximum Gasteiger partial charge on any atom is 0.341 e. The molecule has 3 N–H and O–H groups in total. The second kappa shape index (κ2) is 12.0. The van der Waals surface area contributed by atoms with Gasteiger partial charge in [0.05, 0.1) is 12.2 Å². The zero-order valence-corrected chi connectivity index (χ0v) is 25.1. The Morgan fingerprint density at radius 3 is 2.47 bits per heavy atom. The van der Waals surface area contributed by atoms with Gasteiger partial charge in [0.1, 0.15) is 23.6 Å². The SMILES string of the molecule is O=C(O)COc1ccc(NC(=O)C2(NC(=O)c3ccc4c(C5CCCCC5)c5n(c4c3)CCOc3ccccc3-5)CCC2)cc1. The van der Waals surface area contributed by atoms with Crippen molar-refractivity contribution in [3.63, 3.8) is 0 Å². The van der Waals surface area contributed by atoms with Crippen LogP contribution in [0.2, 0.25) is 0 Å². The highest BCUT2D eigenvalue weighted by Crippen LogP contribution is 2.47. The number of amides is 2. The molecule has 4 aromatic rings. The maximum atomic E-state index is 13.8. The molecule has 1 aromatic heterocycles. The summed E-state index contributed by atoms with van der Waals surface area (Å²) in [5.74, 6) is 0.141. The van der Waals surface area contributed by atoms with E-state index in [-0.39, 0.29) is 11.8 Å². The number of nitrogens with one attached hydrogen (secondary N) is 2. The molecule has 3 aromatic carbocycles. The molecule has 3 aliphatic rings. The minimum absolute atomic E-state index is 0.271. The van der Waals surface area contributed by atoms with Crippen molar-refractivity contribution in [1.82, 2.24) is 9.88 Å². The fraction of sp³-hybridized carbons (Fsp3) is 0.361. The highest BCUT2D eigenvalue weighted by atomic mass is 16.5. The van der Waals surface area contributed by atoms with E-state index in [9.17, 15) is 14.4 Å². The molecule has 0 bridgehead atoms. The van der Waals surface area contributed by atoms with Crippen LogP contribution in [-0.2, 0) is 16.1 Å². The molecule has 0 radical (unpaired) electrons. The van der Waals surface area contributed by atoms with Gasteiger partial charge in [-0.15, -0.1) is 0 Å². The van der Waals surface area contributed by atoms with Gasteiger partial charge in [-0.05, 0) is 92.1 Å². The van der Waals surface area contributed by atoms with Gasteiger partial charge in [0.15, 0.2) is 6.61 Å². The summed E-state index contributed by atoms with van der Waals surface area (Å²) in [5.41, 5.74) is 4.76. The number of nitrogens with zero attached hydrogens (tertiary/aromatic N) is 1. The van der Waals surface area contributed by atoms with Gasteiger partial charge < -0.3 is 29.8 Å². The smallest absolute Gasteiger partial charge is 0.341 e. The van der Waals surface area contributed by atoms with Gasteiger partial charge in [-0.1, -0.05) is 37.5 Å². The molecule has 2 heterocycles. The predicted octanol–water partition coefficient (Wildman–Crippen LogP) is 6.50. The van der Waals surface area contributed by atoms with Crippen LogP contribution in [0.5, 0.6) is 11.5 Å². The van der Waals surface area contributed by atoms with E-state index in [1.54, 1.807) is 24.3 Å². The van der Waals surface area contributed by atoms with Gasteiger partial charge in [0, 0.05) is 27.7 Å². The van der Waals surface area contributed by atoms with Crippen molar-refractivity contribution in [3.8, 4) is 22.8 Å². The average Bonchev–Trinajstić information content (AvgIpc) is 3.23. The third kappa shape index (κ3) is 5.52. The molecule has 7 rings (SSSR count). The number of benzene rings is 3. The van der Waals surface area contributed by atoms with Crippen LogP contribution in [0.15, 0.2) is 66.7 Å². The average molecular weight is 608 g/mol. The number of carboxylic acid groups (broad SMARTS) is 1. The summed E-state index contributed by atoms with van der Waals surface area (Å²) in [6, 6.07) is 20.7. The van der Waals surface area contributed by atoms with E-state index in [0.29, 0.717) is 48.9 Å². The van der Waals surface area contributed by atoms with Gasteiger partial charge in [-0.25, -0.2) is 4.79 Å². The van der Waals surface area contributed by atoms with Crippen molar-refractivity contribution in [2.75, 3.05) is 18.5 Å². The third-order valence-corrected chi connectivity index (χ3v) is 9.56. The number of carboxylic acids is 1. The zero-order valence-electron chi connectivity index (χ0n) is 25.1. The molecule has 9 nitrogen and oxygen atoms in total. The van der Waals surface area contributed by atoms with E-state index >= 15 is 0 Å². The molecule has 9 heteroatoms. The molecule has 0 spiro atoms. The first-order valence-corrected chi connectivity index (χ1v) is 15.9. The summed E-state index contributed by atoms with van der Waals surface area (Å²) in [5, 5.41) is 16.0. The molecule has 2 amide bonds. The highest BCUT2D eigenvalue weighted by Gasteiger charge is 2.45. The van der Waals surface area contributed by atoms with Crippen molar-refractivity contribution >= 4 is 34.4 Å². The Morgan fingerprint density at radius 1 is 0.956 bits per heavy atom. The van der Waals surface area contributed by atoms with Crippen LogP contribution in [0.1, 0.15) is 73.2 Å². The van der Waals surface area contributed by atoms with Gasteiger partial charge in [-0.2, -0.15) is 0 Å². The molecule has 1 aliphatic heterocycles. The Kier molecular flexibility index (Phi) is 7.69. The standard InChI is InChI=1S/C36H37N3O6/c40-31(41)22-45-26-14-12-25(13-15-26)37-35(43)36(17-6-18-36)38-34(42)24-11-16-27-29(21-24)39-19-20-44-30-10-5-4-9-28(30)33(39)32(27)23-7-2-1-3-8-23/h4-5,9-16,21,23H,1-3,6-8,17-20,22H2,(H,37,43)(H,38,42)(H,40,41). The Labute approximate surface area is 261 Å². The summed E-state index contributed by atoms with van der Waals surface area (Å²) in [4.78, 5) is 38.0. The van der Waals surface area contributed by atoms with Gasteiger partial charge in [0.2, 0.25) is 5.91 Å². The van der Waals surface area contributed by atoms with Gasteiger partial charge in [-0.3, -0.25) is 9.59 Å². The van der Waals surface area contributed by atoms with Crippen LogP contribution in [0, 0.1) is 0 Å². The lowest BCUT2D eigenvalue weighted by Crippen LogP contribution is -2.61. The van der Waals surface area contributed by atoms with Crippen LogP contribution in [-0.4, -0.2) is 46.2 Å². The highest BCUT2D eigenvalue weighted by molar-refractivity contribution is 6.06. The summed E-state index contributed by atoms with van der Waals surface area (Å²) >= 11 is 0. The van der Waals surface area contributed by atoms with Crippen LogP contribution in [0.3, 0.4) is 0 Å². The van der Waals surface area contributed by atoms with Crippen LogP contribution in [0.4, 0.5) is 5.69 Å². The van der Waals surface area contributed by atoms with Crippen molar-refractivity contribution in [2.45, 2.75) is 69.4 Å². The van der Waals surface area contributed by atoms with Crippen molar-refractivity contribution in [1.29, 1.82) is 0 Å². The van der Waals surface area contributed by atoms with Crippen LogP contribution < -0.4 is 20.1 Å². The fourth-order valence-electron chi connectivity index (χ4n) is 7.14. The molecule has 2 aliphatic carbocycles. The van der Waals surface area contributed by atoms with E-state index in [2.05, 4.69) is 33.4 Å². The molecule has 2 fully saturated rings. The molecule has 232 valence electrons. The van der Waals surface area contributed by atoms with Crippen molar-refractivity contribution in [3.05, 3.63) is 77.9 Å². The number of aliphatic carboxylic acids is 1. The van der Waals surface area contributed by atoms with E-state index in [0.717, 1.165) is 36.1 Å². The fourth-order valence-corrected chi connectivity index (χ4v) is 7.14. The first-order chi connectivity index (χ1) is 21.9. The second-order valence-corrected chi connectivity index (χ2v) is 12.4. The first-order valence-electron chi connectivity index (χ1n) is 15.9. The largest absolute Gasteiger partial charge is 0.491 e. The third-order valence-electron chi connectivity index (χ3n) is 9.56. The number of aromatic nitrogens is 1. The lowest BCUT2D eigenvalue weighted by Gasteiger charge is -2.40. The predicted molar refractivity (Wildman–Crippen MR) is 171 cm³/mol. The minimum atomic E-state index is -1.06. The Balaban J connectivity index is 1.17. The number of hydrogen-bond donors (Lipinski definition) is 3. The quantitative estimate of drug-likeness (QED) is 0.210. The normalized spacial score (nSPS) is 17.2. The number of ether oxygens (including phenoxy) is 2. The van der Waals surface area contributed by atoms with Crippen molar-refractivity contribution < 1.29 is 29.0 Å². The zero-order chi connectivity index (χ0) is 31.0. The summed E-state index contributed by atoms with van der Waals surface area (Å²) < 4.78 is 13.7. The van der Waals surface area contributed by atoms with E-state index < -0.39 is 18.1 Å². The van der Waals surface area contributed by atoms with Crippen LogP contribution >= 0.6 is 0 Å². The Morgan fingerprint density at radius 2 is 1.73 bits per heavy atom. The topological polar surface area (TPSA) is 119 Å². The number of carbonyl (C=O) groups excluding carboxylic acids is 2. The number of rotatable bonds is 8. The van der Waals surface area contributed by atoms with E-state index in [1.807, 2.05) is 24.3 Å². The molecule has 2 saturated carbocycles. The van der Waals surface area contributed by atoms with Crippen molar-refractivity contribution in [2.24, 2.45) is 0 Å². The number of para-hydroxylation sites is 1. The van der Waals surface area contributed by atoms with Gasteiger partial charge >= 0.3 is 5.97 Å². The molecular formula is C36H37N3O6. The molecule has 45 heavy (non-hydrogen) atoms. The van der Waals surface area contributed by atoms with E-state index in [1.165, 1.54) is 35.9 Å². The number of hydrogen-bond acceptors (Lipinski definition) is 5. The molecular weight excluding hydrogens is 570 g/mol. The number of anilines is 1. The lowest BCUT2D eigenvalue weighted by molar-refractivity contribution is -0.139. The Bertz CT molecular complexity index is 1770. The first kappa shape index (κ1) is 29.0. The molecule has 0 atom stereocenters. The number of fused-ring (bicyclic) bond motifs is 5. The summed E-state index contributed by atoms with van der Waals surface area (Å²) in [6.45, 7) is 0.788. The molecule has 0 unspecified atom stereocenters. The van der Waals surface area contributed by atoms with Crippen LogP contribution in [0.25, 0.3) is 22.2 Å². The number of carbonyl (C=O) groups is 3. The summed E-state index contributed by atoms with van der Waals surface area (Å²) in [6.07, 6.45) is 7.98.